The van der Waals surface area contributed by atoms with Crippen molar-refractivity contribution in [1.82, 2.24) is 4.90 Å². The highest BCUT2D eigenvalue weighted by Gasteiger charge is 2.03. The summed E-state index contributed by atoms with van der Waals surface area (Å²) in [5.74, 6) is 0. The molecule has 0 aromatic heterocycles. The van der Waals surface area contributed by atoms with Gasteiger partial charge in [-0.15, -0.1) is 0 Å². The number of hydrogen-bond acceptors (Lipinski definition) is 2. The molecule has 1 N–H and O–H groups in total. The normalized spacial score (nSPS) is 10.8. The van der Waals surface area contributed by atoms with Crippen LogP contribution in [-0.4, -0.2) is 25.0 Å². The predicted octanol–water partition coefficient (Wildman–Crippen LogP) is 4.30. The summed E-state index contributed by atoms with van der Waals surface area (Å²) in [5.41, 5.74) is 3.81. The van der Waals surface area contributed by atoms with Gasteiger partial charge in [-0.3, -0.25) is 0 Å². The second kappa shape index (κ2) is 7.46. The molecule has 0 saturated carbocycles. The van der Waals surface area contributed by atoms with E-state index >= 15 is 0 Å². The molecule has 2 aromatic rings. The highest BCUT2D eigenvalue weighted by Crippen LogP contribution is 2.17. The molecule has 0 bridgehead atoms. The Morgan fingerprint density at radius 2 is 1.90 bits per heavy atom. The fourth-order valence-electron chi connectivity index (χ4n) is 2.14. The lowest BCUT2D eigenvalue weighted by Gasteiger charge is -2.18. The lowest BCUT2D eigenvalue weighted by Crippen LogP contribution is -2.24. The first kappa shape index (κ1) is 15.1. The Labute approximate surface area is 129 Å². The van der Waals surface area contributed by atoms with Gasteiger partial charge in [0.25, 0.3) is 0 Å². The highest BCUT2D eigenvalue weighted by atomic mass is 79.9. The van der Waals surface area contributed by atoms with Crippen LogP contribution in [0.15, 0.2) is 53.0 Å². The van der Waals surface area contributed by atoms with E-state index in [-0.39, 0.29) is 0 Å². The Morgan fingerprint density at radius 3 is 2.65 bits per heavy atom. The standard InChI is InChI=1S/C17H21BrN2/c1-14-6-5-8-16(12-14)19-10-11-20(2)13-15-7-3-4-9-17(15)18/h3-9,12,19H,10-11,13H2,1-2H3. The molecular formula is C17H21BrN2. The van der Waals surface area contributed by atoms with Gasteiger partial charge < -0.3 is 10.2 Å². The third-order valence-electron chi connectivity index (χ3n) is 3.24. The minimum absolute atomic E-state index is 0.949. The number of rotatable bonds is 6. The molecule has 0 aliphatic rings. The van der Waals surface area contributed by atoms with Crippen molar-refractivity contribution in [3.05, 3.63) is 64.1 Å². The maximum absolute atomic E-state index is 3.60. The lowest BCUT2D eigenvalue weighted by molar-refractivity contribution is 0.339. The third-order valence-corrected chi connectivity index (χ3v) is 4.01. The van der Waals surface area contributed by atoms with Gasteiger partial charge in [0, 0.05) is 29.8 Å². The SMILES string of the molecule is Cc1cccc(NCCN(C)Cc2ccccc2Br)c1. The molecule has 0 radical (unpaired) electrons. The zero-order chi connectivity index (χ0) is 14.4. The first-order chi connectivity index (χ1) is 9.65. The average molecular weight is 333 g/mol. The summed E-state index contributed by atoms with van der Waals surface area (Å²) in [6.07, 6.45) is 0. The van der Waals surface area contributed by atoms with E-state index in [1.807, 2.05) is 6.07 Å². The Hall–Kier alpha value is -1.32. The molecule has 0 aliphatic carbocycles. The third kappa shape index (κ3) is 4.66. The predicted molar refractivity (Wildman–Crippen MR) is 90.1 cm³/mol. The number of anilines is 1. The van der Waals surface area contributed by atoms with Crippen molar-refractivity contribution in [2.45, 2.75) is 13.5 Å². The molecule has 0 spiro atoms. The van der Waals surface area contributed by atoms with Crippen molar-refractivity contribution in [2.75, 3.05) is 25.5 Å². The Morgan fingerprint density at radius 1 is 1.10 bits per heavy atom. The summed E-state index contributed by atoms with van der Waals surface area (Å²) in [6.45, 7) is 5.03. The van der Waals surface area contributed by atoms with Gasteiger partial charge in [-0.05, 0) is 43.3 Å². The molecule has 2 rings (SSSR count). The van der Waals surface area contributed by atoms with E-state index in [4.69, 9.17) is 0 Å². The molecule has 2 nitrogen and oxygen atoms in total. The van der Waals surface area contributed by atoms with Crippen LogP contribution in [0.1, 0.15) is 11.1 Å². The molecule has 0 saturated heterocycles. The van der Waals surface area contributed by atoms with E-state index in [0.29, 0.717) is 0 Å². The minimum atomic E-state index is 0.949. The smallest absolute Gasteiger partial charge is 0.0343 e. The van der Waals surface area contributed by atoms with Crippen LogP contribution in [0.4, 0.5) is 5.69 Å². The van der Waals surface area contributed by atoms with Gasteiger partial charge in [0.05, 0.1) is 0 Å². The maximum atomic E-state index is 3.60. The minimum Gasteiger partial charge on any atom is -0.384 e. The van der Waals surface area contributed by atoms with Crippen molar-refractivity contribution in [3.8, 4) is 0 Å². The van der Waals surface area contributed by atoms with Gasteiger partial charge in [0.2, 0.25) is 0 Å². The quantitative estimate of drug-likeness (QED) is 0.848. The van der Waals surface area contributed by atoms with Crippen molar-refractivity contribution in [1.29, 1.82) is 0 Å². The van der Waals surface area contributed by atoms with Crippen LogP contribution in [0.5, 0.6) is 0 Å². The van der Waals surface area contributed by atoms with E-state index in [1.165, 1.54) is 21.3 Å². The van der Waals surface area contributed by atoms with E-state index < -0.39 is 0 Å². The van der Waals surface area contributed by atoms with E-state index in [9.17, 15) is 0 Å². The van der Waals surface area contributed by atoms with Crippen molar-refractivity contribution in [3.63, 3.8) is 0 Å². The Balaban J connectivity index is 1.78. The molecule has 20 heavy (non-hydrogen) atoms. The maximum Gasteiger partial charge on any atom is 0.0343 e. The van der Waals surface area contributed by atoms with E-state index in [2.05, 4.69) is 82.6 Å². The van der Waals surface area contributed by atoms with E-state index in [0.717, 1.165) is 19.6 Å². The van der Waals surface area contributed by atoms with Gasteiger partial charge in [-0.1, -0.05) is 46.3 Å². The fraction of sp³-hybridized carbons (Fsp3) is 0.294. The molecule has 0 heterocycles. The summed E-state index contributed by atoms with van der Waals surface area (Å²) in [4.78, 5) is 2.32. The van der Waals surface area contributed by atoms with E-state index in [1.54, 1.807) is 0 Å². The van der Waals surface area contributed by atoms with Gasteiger partial charge in [-0.25, -0.2) is 0 Å². The molecule has 0 atom stereocenters. The zero-order valence-corrected chi connectivity index (χ0v) is 13.7. The van der Waals surface area contributed by atoms with Crippen molar-refractivity contribution in [2.24, 2.45) is 0 Å². The Bertz CT molecular complexity index is 554. The number of hydrogen-bond donors (Lipinski definition) is 1. The molecule has 2 aromatic carbocycles. The molecule has 3 heteroatoms. The topological polar surface area (TPSA) is 15.3 Å². The summed E-state index contributed by atoms with van der Waals surface area (Å²) in [7, 11) is 2.15. The van der Waals surface area contributed by atoms with Crippen molar-refractivity contribution >= 4 is 21.6 Å². The second-order valence-electron chi connectivity index (χ2n) is 5.13. The molecule has 0 fully saturated rings. The number of likely N-dealkylation sites (N-methyl/N-ethyl adjacent to an activating group) is 1. The van der Waals surface area contributed by atoms with Gasteiger partial charge in [-0.2, -0.15) is 0 Å². The van der Waals surface area contributed by atoms with Gasteiger partial charge in [0.1, 0.15) is 0 Å². The first-order valence-electron chi connectivity index (χ1n) is 6.87. The number of benzene rings is 2. The Kier molecular flexibility index (Phi) is 5.62. The highest BCUT2D eigenvalue weighted by molar-refractivity contribution is 9.10. The number of halogens is 1. The van der Waals surface area contributed by atoms with Crippen LogP contribution in [0.2, 0.25) is 0 Å². The average Bonchev–Trinajstić information content (AvgIpc) is 2.41. The van der Waals surface area contributed by atoms with Crippen molar-refractivity contribution < 1.29 is 0 Å². The number of nitrogens with zero attached hydrogens (tertiary/aromatic N) is 1. The first-order valence-corrected chi connectivity index (χ1v) is 7.67. The van der Waals surface area contributed by atoms with Crippen LogP contribution < -0.4 is 5.32 Å². The monoisotopic (exact) mass is 332 g/mol. The van der Waals surface area contributed by atoms with Gasteiger partial charge >= 0.3 is 0 Å². The summed E-state index contributed by atoms with van der Waals surface area (Å²) in [6, 6.07) is 16.9. The summed E-state index contributed by atoms with van der Waals surface area (Å²) in [5, 5.41) is 3.46. The molecule has 0 aliphatic heterocycles. The van der Waals surface area contributed by atoms with Crippen LogP contribution in [0.25, 0.3) is 0 Å². The molecule has 0 unspecified atom stereocenters. The number of nitrogens with one attached hydrogen (secondary N) is 1. The second-order valence-corrected chi connectivity index (χ2v) is 5.98. The molecule has 106 valence electrons. The summed E-state index contributed by atoms with van der Waals surface area (Å²) < 4.78 is 1.18. The van der Waals surface area contributed by atoms with Crippen LogP contribution in [-0.2, 0) is 6.54 Å². The molecule has 0 amide bonds. The summed E-state index contributed by atoms with van der Waals surface area (Å²) >= 11 is 3.60. The van der Waals surface area contributed by atoms with Gasteiger partial charge in [0.15, 0.2) is 0 Å². The fourth-order valence-corrected chi connectivity index (χ4v) is 2.55. The zero-order valence-electron chi connectivity index (χ0n) is 12.1. The lowest BCUT2D eigenvalue weighted by atomic mass is 10.2. The van der Waals surface area contributed by atoms with Crippen LogP contribution >= 0.6 is 15.9 Å². The molecular weight excluding hydrogens is 312 g/mol. The largest absolute Gasteiger partial charge is 0.384 e. The number of aryl methyl sites for hydroxylation is 1. The van der Waals surface area contributed by atoms with Crippen LogP contribution in [0.3, 0.4) is 0 Å². The van der Waals surface area contributed by atoms with Crippen LogP contribution in [0, 0.1) is 6.92 Å².